The van der Waals surface area contributed by atoms with E-state index < -0.39 is 0 Å². The molecular weight excluding hydrogens is 346 g/mol. The summed E-state index contributed by atoms with van der Waals surface area (Å²) in [5.74, 6) is 0.00675. The number of likely N-dealkylation sites (tertiary alicyclic amines) is 1. The zero-order valence-electron chi connectivity index (χ0n) is 15.6. The lowest BCUT2D eigenvalue weighted by molar-refractivity contribution is -0.0604. The molecule has 0 unspecified atom stereocenters. The highest BCUT2D eigenvalue weighted by Gasteiger charge is 2.38. The molecule has 9 nitrogen and oxygen atoms in total. The van der Waals surface area contributed by atoms with Crippen LogP contribution in [0.2, 0.25) is 0 Å². The molecule has 0 radical (unpaired) electrons. The molecule has 1 amide bonds. The van der Waals surface area contributed by atoms with Crippen LogP contribution in [0.3, 0.4) is 0 Å². The van der Waals surface area contributed by atoms with Gasteiger partial charge in [-0.15, -0.1) is 5.10 Å². The van der Waals surface area contributed by atoms with E-state index in [9.17, 15) is 4.79 Å². The molecule has 0 aromatic carbocycles. The van der Waals surface area contributed by atoms with Crippen LogP contribution in [-0.4, -0.2) is 59.8 Å². The number of rotatable bonds is 1. The Morgan fingerprint density at radius 1 is 1.33 bits per heavy atom. The second kappa shape index (κ2) is 5.85. The molecule has 140 valence electrons. The quantitative estimate of drug-likeness (QED) is 0.641. The Labute approximate surface area is 155 Å². The van der Waals surface area contributed by atoms with Crippen molar-refractivity contribution in [1.82, 2.24) is 34.7 Å². The SMILES string of the molecule is Cc1cc(C(=O)N2CC[C@@H]3OCc4cnnn4[C@@H]3C2)c2c(C)nn(C)c2n1. The van der Waals surface area contributed by atoms with E-state index in [1.807, 2.05) is 36.5 Å². The lowest BCUT2D eigenvalue weighted by Gasteiger charge is -2.41. The molecule has 0 N–H and O–H groups in total. The minimum absolute atomic E-state index is 0.00219. The average molecular weight is 367 g/mol. The molecule has 0 bridgehead atoms. The van der Waals surface area contributed by atoms with Crippen molar-refractivity contribution in [1.29, 1.82) is 0 Å². The lowest BCUT2D eigenvalue weighted by Crippen LogP contribution is -2.50. The summed E-state index contributed by atoms with van der Waals surface area (Å²) in [6.45, 7) is 5.57. The Morgan fingerprint density at radius 2 is 2.19 bits per heavy atom. The Balaban J connectivity index is 1.52. The van der Waals surface area contributed by atoms with Crippen molar-refractivity contribution in [2.75, 3.05) is 13.1 Å². The Kier molecular flexibility index (Phi) is 3.55. The van der Waals surface area contributed by atoms with E-state index in [-0.39, 0.29) is 18.1 Å². The molecular formula is C18H21N7O2. The first-order valence-electron chi connectivity index (χ1n) is 9.14. The van der Waals surface area contributed by atoms with Crippen molar-refractivity contribution >= 4 is 16.9 Å². The van der Waals surface area contributed by atoms with Gasteiger partial charge in [0.25, 0.3) is 5.91 Å². The van der Waals surface area contributed by atoms with Crippen LogP contribution in [0.5, 0.6) is 0 Å². The summed E-state index contributed by atoms with van der Waals surface area (Å²) in [6.07, 6.45) is 2.59. The number of aryl methyl sites for hydroxylation is 3. The first kappa shape index (κ1) is 16.4. The molecule has 1 fully saturated rings. The molecule has 5 heterocycles. The molecule has 0 saturated carbocycles. The minimum atomic E-state index is 0.00219. The number of pyridine rings is 1. The standard InChI is InChI=1S/C18H21N7O2/c1-10-6-13(16-11(2)21-23(3)17(16)20-10)18(26)24-5-4-15-14(8-24)25-12(9-27-15)7-19-22-25/h6-7,14-15H,4-5,8-9H2,1-3H3/t14-,15+/m1/s1. The number of ether oxygens (including phenoxy) is 1. The second-order valence-corrected chi connectivity index (χ2v) is 7.35. The van der Waals surface area contributed by atoms with E-state index in [1.54, 1.807) is 10.9 Å². The van der Waals surface area contributed by atoms with Gasteiger partial charge >= 0.3 is 0 Å². The smallest absolute Gasteiger partial charge is 0.254 e. The molecule has 3 aromatic heterocycles. The van der Waals surface area contributed by atoms with E-state index in [1.165, 1.54) is 0 Å². The monoisotopic (exact) mass is 367 g/mol. The fourth-order valence-corrected chi connectivity index (χ4v) is 4.27. The van der Waals surface area contributed by atoms with E-state index >= 15 is 0 Å². The molecule has 0 aliphatic carbocycles. The number of nitrogens with zero attached hydrogens (tertiary/aromatic N) is 7. The van der Waals surface area contributed by atoms with Gasteiger partial charge in [-0.1, -0.05) is 5.21 Å². The lowest BCUT2D eigenvalue weighted by atomic mass is 9.99. The Bertz CT molecular complexity index is 1050. The predicted octanol–water partition coefficient (Wildman–Crippen LogP) is 1.16. The predicted molar refractivity (Wildman–Crippen MR) is 96.1 cm³/mol. The van der Waals surface area contributed by atoms with Crippen LogP contribution < -0.4 is 0 Å². The third-order valence-electron chi connectivity index (χ3n) is 5.54. The van der Waals surface area contributed by atoms with Gasteiger partial charge in [0.1, 0.15) is 0 Å². The van der Waals surface area contributed by atoms with Crippen molar-refractivity contribution in [2.24, 2.45) is 7.05 Å². The number of hydrogen-bond acceptors (Lipinski definition) is 6. The van der Waals surface area contributed by atoms with Crippen molar-refractivity contribution in [3.05, 3.63) is 34.9 Å². The fourth-order valence-electron chi connectivity index (χ4n) is 4.27. The summed E-state index contributed by atoms with van der Waals surface area (Å²) < 4.78 is 9.60. The minimum Gasteiger partial charge on any atom is -0.370 e. The van der Waals surface area contributed by atoms with Crippen molar-refractivity contribution in [2.45, 2.75) is 39.0 Å². The first-order chi connectivity index (χ1) is 13.0. The van der Waals surface area contributed by atoms with Gasteiger partial charge in [-0.2, -0.15) is 5.10 Å². The summed E-state index contributed by atoms with van der Waals surface area (Å²) in [7, 11) is 1.85. The van der Waals surface area contributed by atoms with Gasteiger partial charge in [0.05, 0.1) is 47.3 Å². The van der Waals surface area contributed by atoms with Gasteiger partial charge in [0.2, 0.25) is 0 Å². The maximum absolute atomic E-state index is 13.4. The van der Waals surface area contributed by atoms with E-state index in [0.717, 1.165) is 34.5 Å². The van der Waals surface area contributed by atoms with Gasteiger partial charge in [-0.3, -0.25) is 9.48 Å². The van der Waals surface area contributed by atoms with Gasteiger partial charge in [0, 0.05) is 25.8 Å². The maximum atomic E-state index is 13.4. The van der Waals surface area contributed by atoms with E-state index in [4.69, 9.17) is 4.74 Å². The van der Waals surface area contributed by atoms with E-state index in [0.29, 0.717) is 25.3 Å². The van der Waals surface area contributed by atoms with Crippen molar-refractivity contribution in [3.63, 3.8) is 0 Å². The molecule has 5 rings (SSSR count). The first-order valence-corrected chi connectivity index (χ1v) is 9.14. The molecule has 27 heavy (non-hydrogen) atoms. The summed E-state index contributed by atoms with van der Waals surface area (Å²) in [4.78, 5) is 19.9. The van der Waals surface area contributed by atoms with Crippen molar-refractivity contribution < 1.29 is 9.53 Å². The molecule has 2 atom stereocenters. The highest BCUT2D eigenvalue weighted by atomic mass is 16.5. The highest BCUT2D eigenvalue weighted by Crippen LogP contribution is 2.31. The van der Waals surface area contributed by atoms with Crippen LogP contribution in [-0.2, 0) is 18.4 Å². The third kappa shape index (κ3) is 2.45. The average Bonchev–Trinajstić information content (AvgIpc) is 3.25. The molecule has 1 saturated heterocycles. The number of piperidine rings is 1. The zero-order chi connectivity index (χ0) is 18.7. The van der Waals surface area contributed by atoms with Crippen LogP contribution in [0.25, 0.3) is 11.0 Å². The molecule has 9 heteroatoms. The van der Waals surface area contributed by atoms with Gasteiger partial charge in [0.15, 0.2) is 5.65 Å². The molecule has 2 aliphatic heterocycles. The Morgan fingerprint density at radius 3 is 3.04 bits per heavy atom. The molecule has 2 aliphatic rings. The fraction of sp³-hybridized carbons (Fsp3) is 0.500. The van der Waals surface area contributed by atoms with Crippen LogP contribution in [0.15, 0.2) is 12.3 Å². The van der Waals surface area contributed by atoms with Crippen molar-refractivity contribution in [3.8, 4) is 0 Å². The normalized spacial score (nSPS) is 22.0. The maximum Gasteiger partial charge on any atom is 0.254 e. The van der Waals surface area contributed by atoms with Crippen LogP contribution in [0, 0.1) is 13.8 Å². The molecule has 3 aromatic rings. The van der Waals surface area contributed by atoms with Gasteiger partial charge < -0.3 is 9.64 Å². The summed E-state index contributed by atoms with van der Waals surface area (Å²) >= 11 is 0. The number of carbonyl (C=O) groups excluding carboxylic acids is 1. The third-order valence-corrected chi connectivity index (χ3v) is 5.54. The topological polar surface area (TPSA) is 91.0 Å². The van der Waals surface area contributed by atoms with Crippen LogP contribution >= 0.6 is 0 Å². The summed E-state index contributed by atoms with van der Waals surface area (Å²) in [5.41, 5.74) is 3.99. The number of fused-ring (bicyclic) bond motifs is 4. The largest absolute Gasteiger partial charge is 0.370 e. The Hall–Kier alpha value is -2.81. The summed E-state index contributed by atoms with van der Waals surface area (Å²) in [6, 6.07) is 1.87. The van der Waals surface area contributed by atoms with E-state index in [2.05, 4.69) is 20.4 Å². The number of hydrogen-bond donors (Lipinski definition) is 0. The van der Waals surface area contributed by atoms with Gasteiger partial charge in [-0.25, -0.2) is 9.67 Å². The summed E-state index contributed by atoms with van der Waals surface area (Å²) in [5, 5.41) is 13.5. The number of amides is 1. The zero-order valence-corrected chi connectivity index (χ0v) is 15.6. The molecule has 0 spiro atoms. The second-order valence-electron chi connectivity index (χ2n) is 7.35. The van der Waals surface area contributed by atoms with Gasteiger partial charge in [-0.05, 0) is 26.3 Å². The van der Waals surface area contributed by atoms with Crippen LogP contribution in [0.1, 0.15) is 39.9 Å². The highest BCUT2D eigenvalue weighted by molar-refractivity contribution is 6.06. The number of aromatic nitrogens is 6. The number of carbonyl (C=O) groups is 1. The van der Waals surface area contributed by atoms with Crippen LogP contribution in [0.4, 0.5) is 0 Å².